The molecule has 1 aliphatic carbocycles. The highest BCUT2D eigenvalue weighted by Crippen LogP contribution is 2.37. The normalized spacial score (nSPS) is 17.8. The van der Waals surface area contributed by atoms with Gasteiger partial charge in [-0.3, -0.25) is 14.5 Å². The summed E-state index contributed by atoms with van der Waals surface area (Å²) in [5.41, 5.74) is 5.05. The maximum atomic E-state index is 12.9. The number of hydrogen-bond donors (Lipinski definition) is 2. The number of nitriles is 1. The van der Waals surface area contributed by atoms with E-state index >= 15 is 0 Å². The molecule has 33 heavy (non-hydrogen) atoms. The molecule has 1 saturated carbocycles. The molecule has 2 amide bonds. The van der Waals surface area contributed by atoms with Gasteiger partial charge < -0.3 is 15.2 Å². The van der Waals surface area contributed by atoms with Crippen molar-refractivity contribution in [3.05, 3.63) is 32.9 Å². The van der Waals surface area contributed by atoms with Crippen LogP contribution < -0.4 is 10.6 Å². The second-order valence-electron chi connectivity index (χ2n) is 9.19. The fourth-order valence-electron chi connectivity index (χ4n) is 5.09. The lowest BCUT2D eigenvalue weighted by Gasteiger charge is -2.31. The minimum Gasteiger partial charge on any atom is -0.348 e. The Morgan fingerprint density at radius 3 is 2.48 bits per heavy atom. The summed E-state index contributed by atoms with van der Waals surface area (Å²) in [7, 11) is 0. The van der Waals surface area contributed by atoms with Crippen molar-refractivity contribution in [1.29, 1.82) is 5.26 Å². The summed E-state index contributed by atoms with van der Waals surface area (Å²) >= 11 is 1.36. The third-order valence-electron chi connectivity index (χ3n) is 7.06. The van der Waals surface area contributed by atoms with E-state index in [0.717, 1.165) is 55.7 Å². The van der Waals surface area contributed by atoms with Crippen LogP contribution in [-0.2, 0) is 4.79 Å². The number of piperidine rings is 1. The van der Waals surface area contributed by atoms with Crippen LogP contribution >= 0.6 is 11.3 Å². The molecule has 9 heteroatoms. The van der Waals surface area contributed by atoms with Crippen molar-refractivity contribution in [2.75, 3.05) is 25.0 Å². The number of nitrogens with zero attached hydrogens (tertiary/aromatic N) is 4. The average molecular weight is 469 g/mol. The summed E-state index contributed by atoms with van der Waals surface area (Å²) in [5.74, 6) is 0.506. The quantitative estimate of drug-likeness (QED) is 0.673. The van der Waals surface area contributed by atoms with E-state index in [1.807, 2.05) is 20.8 Å². The first-order valence-corrected chi connectivity index (χ1v) is 12.6. The highest BCUT2D eigenvalue weighted by molar-refractivity contribution is 7.11. The van der Waals surface area contributed by atoms with Crippen molar-refractivity contribution >= 4 is 29.0 Å². The highest BCUT2D eigenvalue weighted by Gasteiger charge is 2.28. The molecule has 4 rings (SSSR count). The van der Waals surface area contributed by atoms with Gasteiger partial charge in [-0.2, -0.15) is 5.26 Å². The molecule has 0 atom stereocenters. The van der Waals surface area contributed by atoms with Gasteiger partial charge in [0.05, 0.1) is 23.3 Å². The molecular weight excluding hydrogens is 436 g/mol. The Morgan fingerprint density at radius 2 is 1.88 bits per heavy atom. The van der Waals surface area contributed by atoms with Crippen molar-refractivity contribution in [3.63, 3.8) is 0 Å². The molecule has 0 unspecified atom stereocenters. The standard InChI is InChI=1S/C24H32N6O2S/c1-15-17(3)30(19-6-4-5-7-19)23(20(15)12-25)28-21(31)13-29-10-8-18(9-11-29)27-24(32)22-16(2)26-14-33-22/h14,18-19H,4-11,13H2,1-3H3,(H,27,32)(H,28,31). The lowest BCUT2D eigenvalue weighted by Crippen LogP contribution is -2.46. The summed E-state index contributed by atoms with van der Waals surface area (Å²) in [6.07, 6.45) is 6.15. The Kier molecular flexibility index (Phi) is 7.15. The van der Waals surface area contributed by atoms with E-state index in [1.165, 1.54) is 24.2 Å². The van der Waals surface area contributed by atoms with Crippen molar-refractivity contribution in [2.24, 2.45) is 0 Å². The Balaban J connectivity index is 1.34. The molecule has 1 saturated heterocycles. The van der Waals surface area contributed by atoms with Crippen molar-refractivity contribution in [2.45, 2.75) is 71.4 Å². The first kappa shape index (κ1) is 23.5. The van der Waals surface area contributed by atoms with Gasteiger partial charge in [0.1, 0.15) is 16.8 Å². The summed E-state index contributed by atoms with van der Waals surface area (Å²) in [6, 6.07) is 2.76. The Morgan fingerprint density at radius 1 is 1.18 bits per heavy atom. The lowest BCUT2D eigenvalue weighted by molar-refractivity contribution is -0.117. The van der Waals surface area contributed by atoms with Gasteiger partial charge in [-0.25, -0.2) is 4.98 Å². The molecule has 2 fully saturated rings. The van der Waals surface area contributed by atoms with Gasteiger partial charge in [0.2, 0.25) is 5.91 Å². The van der Waals surface area contributed by atoms with Crippen molar-refractivity contribution in [1.82, 2.24) is 19.8 Å². The van der Waals surface area contributed by atoms with E-state index in [2.05, 4.69) is 31.2 Å². The van der Waals surface area contributed by atoms with Crippen LogP contribution in [0.5, 0.6) is 0 Å². The van der Waals surface area contributed by atoms with Gasteiger partial charge >= 0.3 is 0 Å². The van der Waals surface area contributed by atoms with Crippen molar-refractivity contribution in [3.8, 4) is 6.07 Å². The second-order valence-corrected chi connectivity index (χ2v) is 10.0. The largest absolute Gasteiger partial charge is 0.348 e. The molecule has 8 nitrogen and oxygen atoms in total. The van der Waals surface area contributed by atoms with Crippen LogP contribution in [0.1, 0.15) is 76.8 Å². The number of aromatic nitrogens is 2. The number of hydrogen-bond acceptors (Lipinski definition) is 6. The molecule has 0 spiro atoms. The smallest absolute Gasteiger partial charge is 0.263 e. The van der Waals surface area contributed by atoms with Gasteiger partial charge in [0.25, 0.3) is 5.91 Å². The molecule has 0 radical (unpaired) electrons. The number of carbonyl (C=O) groups excluding carboxylic acids is 2. The van der Waals surface area contributed by atoms with Gasteiger partial charge in [0.15, 0.2) is 0 Å². The predicted octanol–water partition coefficient (Wildman–Crippen LogP) is 3.69. The number of anilines is 1. The van der Waals surface area contributed by atoms with Gasteiger partial charge in [-0.05, 0) is 52.0 Å². The van der Waals surface area contributed by atoms with E-state index in [-0.39, 0.29) is 24.4 Å². The predicted molar refractivity (Wildman–Crippen MR) is 129 cm³/mol. The third-order valence-corrected chi connectivity index (χ3v) is 7.99. The fourth-order valence-corrected chi connectivity index (χ4v) is 5.79. The minimum absolute atomic E-state index is 0.0614. The first-order chi connectivity index (χ1) is 15.9. The van der Waals surface area contributed by atoms with Crippen LogP contribution in [-0.4, -0.2) is 51.9 Å². The molecule has 2 aromatic rings. The highest BCUT2D eigenvalue weighted by atomic mass is 32.1. The van der Waals surface area contributed by atoms with Crippen LogP contribution in [0, 0.1) is 32.1 Å². The Hall–Kier alpha value is -2.70. The molecule has 3 heterocycles. The molecule has 176 valence electrons. The number of rotatable bonds is 6. The van der Waals surface area contributed by atoms with E-state index in [9.17, 15) is 14.9 Å². The fraction of sp³-hybridized carbons (Fsp3) is 0.583. The number of aryl methyl sites for hydroxylation is 1. The van der Waals surface area contributed by atoms with E-state index in [0.29, 0.717) is 22.3 Å². The van der Waals surface area contributed by atoms with E-state index in [1.54, 1.807) is 5.51 Å². The van der Waals surface area contributed by atoms with E-state index < -0.39 is 0 Å². The second kappa shape index (κ2) is 10.1. The van der Waals surface area contributed by atoms with Crippen molar-refractivity contribution < 1.29 is 9.59 Å². The molecule has 2 aromatic heterocycles. The number of nitrogens with one attached hydrogen (secondary N) is 2. The van der Waals surface area contributed by atoms with Crippen LogP contribution in [0.3, 0.4) is 0 Å². The zero-order valence-corrected chi connectivity index (χ0v) is 20.4. The zero-order chi connectivity index (χ0) is 23.5. The van der Waals surface area contributed by atoms with Crippen LogP contribution in [0.25, 0.3) is 0 Å². The SMILES string of the molecule is Cc1ncsc1C(=O)NC1CCN(CC(=O)Nc2c(C#N)c(C)c(C)n2C2CCCC2)CC1. The van der Waals surface area contributed by atoms with Crippen LogP contribution in [0.15, 0.2) is 5.51 Å². The summed E-state index contributed by atoms with van der Waals surface area (Å²) in [6.45, 7) is 7.61. The third kappa shape index (κ3) is 4.97. The Labute approximate surface area is 199 Å². The maximum absolute atomic E-state index is 12.9. The number of amides is 2. The Bertz CT molecular complexity index is 1070. The number of thiazole rings is 1. The first-order valence-electron chi connectivity index (χ1n) is 11.7. The molecule has 0 bridgehead atoms. The molecule has 0 aromatic carbocycles. The summed E-state index contributed by atoms with van der Waals surface area (Å²) in [4.78, 5) is 32.3. The molecule has 2 aliphatic rings. The number of likely N-dealkylation sites (tertiary alicyclic amines) is 1. The molecule has 1 aliphatic heterocycles. The van der Waals surface area contributed by atoms with Crippen LogP contribution in [0.2, 0.25) is 0 Å². The van der Waals surface area contributed by atoms with Gasteiger partial charge in [-0.15, -0.1) is 11.3 Å². The molecular formula is C24H32N6O2S. The van der Waals surface area contributed by atoms with Gasteiger partial charge in [-0.1, -0.05) is 12.8 Å². The van der Waals surface area contributed by atoms with Gasteiger partial charge in [0, 0.05) is 30.9 Å². The molecule has 2 N–H and O–H groups in total. The minimum atomic E-state index is -0.0917. The lowest BCUT2D eigenvalue weighted by atomic mass is 10.0. The zero-order valence-electron chi connectivity index (χ0n) is 19.6. The van der Waals surface area contributed by atoms with E-state index in [4.69, 9.17) is 0 Å². The monoisotopic (exact) mass is 468 g/mol. The summed E-state index contributed by atoms with van der Waals surface area (Å²) < 4.78 is 2.18. The topological polar surface area (TPSA) is 103 Å². The average Bonchev–Trinajstić information content (AvgIpc) is 3.51. The summed E-state index contributed by atoms with van der Waals surface area (Å²) in [5, 5.41) is 15.9. The van der Waals surface area contributed by atoms with Crippen LogP contribution in [0.4, 0.5) is 5.82 Å². The number of carbonyl (C=O) groups is 2. The maximum Gasteiger partial charge on any atom is 0.263 e.